The van der Waals surface area contributed by atoms with Crippen molar-refractivity contribution in [1.29, 1.82) is 0 Å². The summed E-state index contributed by atoms with van der Waals surface area (Å²) in [4.78, 5) is 0. The lowest BCUT2D eigenvalue weighted by atomic mass is 9.69. The molecule has 16 rings (SSSR count). The van der Waals surface area contributed by atoms with Crippen LogP contribution < -0.4 is 0 Å². The second kappa shape index (κ2) is 41.1. The third-order valence-corrected chi connectivity index (χ3v) is 32.4. The predicted molar refractivity (Wildman–Crippen MR) is 573 cm³/mol. The molecule has 0 amide bonds. The lowest BCUT2D eigenvalue weighted by Gasteiger charge is -2.36. The Bertz CT molecular complexity index is 5700. The Morgan fingerprint density at radius 2 is 0.438 bits per heavy atom. The normalized spacial score (nSPS) is 16.5. The summed E-state index contributed by atoms with van der Waals surface area (Å²) in [5.74, 6) is 0.0620. The quantitative estimate of drug-likeness (QED) is 0.121. The molecular weight excluding hydrogens is 1580 g/mol. The first-order valence-electron chi connectivity index (χ1n) is 51.4. The first-order chi connectivity index (χ1) is 60.9. The summed E-state index contributed by atoms with van der Waals surface area (Å²) in [6.45, 7) is 74.3. The molecule has 0 radical (unpaired) electrons. The van der Waals surface area contributed by atoms with Crippen molar-refractivity contribution in [1.82, 2.24) is 0 Å². The monoisotopic (exact) mass is 1750 g/mol. The van der Waals surface area contributed by atoms with Gasteiger partial charge >= 0.3 is 0 Å². The molecule has 0 N–H and O–H groups in total. The van der Waals surface area contributed by atoms with Crippen LogP contribution in [0.5, 0.6) is 0 Å². The molecule has 4 aliphatic carbocycles. The Balaban J connectivity index is 0.000000151. The molecule has 0 nitrogen and oxygen atoms in total. The minimum absolute atomic E-state index is 0.0186. The maximum atomic E-state index is 13.5. The van der Waals surface area contributed by atoms with Gasteiger partial charge in [0.05, 0.1) is 0 Å². The zero-order valence-corrected chi connectivity index (χ0v) is 87.9. The van der Waals surface area contributed by atoms with Crippen molar-refractivity contribution < 1.29 is 8.78 Å². The van der Waals surface area contributed by atoms with E-state index < -0.39 is 5.92 Å². The molecule has 0 spiro atoms. The Kier molecular flexibility index (Phi) is 32.4. The van der Waals surface area contributed by atoms with Crippen molar-refractivity contribution in [2.75, 3.05) is 0 Å². The number of rotatable bonds is 11. The zero-order chi connectivity index (χ0) is 95.4. The highest BCUT2D eigenvalue weighted by molar-refractivity contribution is 5.95. The third kappa shape index (κ3) is 23.0. The van der Waals surface area contributed by atoms with E-state index in [1.165, 1.54) is 258 Å². The van der Waals surface area contributed by atoms with Crippen LogP contribution in [0.4, 0.5) is 8.78 Å². The molecule has 0 aromatic heterocycles. The van der Waals surface area contributed by atoms with Crippen LogP contribution in [0.15, 0.2) is 182 Å². The molecule has 12 aromatic rings. The lowest BCUT2D eigenvalue weighted by molar-refractivity contribution is -0.0381. The van der Waals surface area contributed by atoms with E-state index in [4.69, 9.17) is 0 Å². The van der Waals surface area contributed by atoms with Crippen molar-refractivity contribution in [3.63, 3.8) is 0 Å². The molecule has 0 heterocycles. The van der Waals surface area contributed by atoms with Crippen LogP contribution in [-0.4, -0.2) is 5.92 Å². The van der Waals surface area contributed by atoms with Gasteiger partial charge in [-0.3, -0.25) is 0 Å². The first-order valence-corrected chi connectivity index (χ1v) is 51.4. The van der Waals surface area contributed by atoms with E-state index in [9.17, 15) is 8.78 Å². The SMILES string of the molecule is CCC(C)(CC)c1cc(C(C)(C)C)c(C)c2ccccc12.CCC(CC)(CC)c1cc(C(C)(C)C)c(C)c2ccccc12.Cc1c(C(C)(C)C)cc(C2CCC(C)(C)CC2)c2ccccc12.Cc1c(C(C)(C)C)cc(C2CCC(F)(F)CC2)c2ccccc12.Cc1c(C(C)(C)C)cc(C2CCCC2)c2ccccc12.Cc1c(C(C)(C)C)cc(C2CCCCC2)c2ccccc12. The van der Waals surface area contributed by atoms with Gasteiger partial charge in [0, 0.05) is 12.8 Å². The number of alkyl halides is 2. The van der Waals surface area contributed by atoms with Gasteiger partial charge < -0.3 is 0 Å². The topological polar surface area (TPSA) is 0 Å². The minimum Gasteiger partial charge on any atom is -0.207 e. The summed E-state index contributed by atoms with van der Waals surface area (Å²) >= 11 is 0. The summed E-state index contributed by atoms with van der Waals surface area (Å²) in [7, 11) is 0. The largest absolute Gasteiger partial charge is 0.248 e. The van der Waals surface area contributed by atoms with Gasteiger partial charge in [0.1, 0.15) is 0 Å². The molecule has 0 atom stereocenters. The van der Waals surface area contributed by atoms with Gasteiger partial charge in [-0.15, -0.1) is 0 Å². The van der Waals surface area contributed by atoms with E-state index in [2.05, 4.69) is 404 Å². The molecule has 0 bridgehead atoms. The van der Waals surface area contributed by atoms with Crippen LogP contribution in [0.1, 0.15) is 445 Å². The zero-order valence-electron chi connectivity index (χ0n) is 87.9. The van der Waals surface area contributed by atoms with Crippen LogP contribution in [0.25, 0.3) is 64.6 Å². The standard InChI is InChI=1S/C23H32.C22H32.C21H26F2.C21H28.C21H30.C20H26/c1-16-18-9-7-8-10-19(18)20(15-21(16)22(2,3)4)17-11-13-23(5,6)14-12-17;1-8-22(9-2,10-3)20-15-19(21(5,6)7)16(4)17-13-11-12-14-18(17)20;1-14-16-7-5-6-8-17(16)18(13-19(14)20(2,3)4)15-9-11-21(22,23)12-10-15;1-15-17-12-8-9-13-18(17)19(14-20(15)21(2,3)4)16-10-6-5-7-11-16;1-8-21(7,9-2)19-14-18(20(4,5)6)15(3)16-12-10-11-13-17(16)19;1-14-16-11-7-8-12-17(16)18(15-9-5-6-10-15)13-19(14)20(2,3)4/h7-10,15,17H,11-14H2,1-6H3;11-15H,8-10H2,1-7H3;5-8,13,15H,9-12H2,1-4H3;8-9,12-14,16H,5-7,10-11H2,1-4H3;10-14H,8-9H2,1-7H3;7-8,11-13,15H,5-6,9-10H2,1-4H3. The third-order valence-electron chi connectivity index (χ3n) is 32.4. The highest BCUT2D eigenvalue weighted by Crippen LogP contribution is 2.52. The van der Waals surface area contributed by atoms with Crippen LogP contribution in [0.3, 0.4) is 0 Å². The van der Waals surface area contributed by atoms with Crippen molar-refractivity contribution in [3.8, 4) is 0 Å². The van der Waals surface area contributed by atoms with Crippen molar-refractivity contribution >= 4 is 64.6 Å². The van der Waals surface area contributed by atoms with Gasteiger partial charge in [0.25, 0.3) is 0 Å². The van der Waals surface area contributed by atoms with E-state index in [0.29, 0.717) is 23.7 Å². The second-order valence-corrected chi connectivity index (χ2v) is 48.0. The Labute approximate surface area is 791 Å². The highest BCUT2D eigenvalue weighted by atomic mass is 19.3. The summed E-state index contributed by atoms with van der Waals surface area (Å²) in [5, 5.41) is 17.1. The van der Waals surface area contributed by atoms with Gasteiger partial charge in [-0.25, -0.2) is 8.78 Å². The smallest absolute Gasteiger partial charge is 0.207 e. The van der Waals surface area contributed by atoms with Crippen molar-refractivity contribution in [3.05, 3.63) is 282 Å². The maximum Gasteiger partial charge on any atom is 0.248 e. The van der Waals surface area contributed by atoms with Gasteiger partial charge in [0.15, 0.2) is 0 Å². The minimum atomic E-state index is -2.47. The molecule has 12 aromatic carbocycles. The average Bonchev–Trinajstić information content (AvgIpc) is 1.81. The number of aryl methyl sites for hydroxylation is 6. The summed E-state index contributed by atoms with van der Waals surface area (Å²) in [6, 6.07) is 68.3. The van der Waals surface area contributed by atoms with Gasteiger partial charge in [0.2, 0.25) is 5.92 Å². The Morgan fingerprint density at radius 3 is 0.685 bits per heavy atom. The fraction of sp³-hybridized carbons (Fsp3) is 0.531. The van der Waals surface area contributed by atoms with Gasteiger partial charge in [-0.05, 0) is 375 Å². The molecule has 0 saturated heterocycles. The second-order valence-electron chi connectivity index (χ2n) is 48.0. The Hall–Kier alpha value is -7.94. The van der Waals surface area contributed by atoms with E-state index in [-0.39, 0.29) is 56.7 Å². The highest BCUT2D eigenvalue weighted by Gasteiger charge is 2.39. The van der Waals surface area contributed by atoms with Crippen LogP contribution in [0, 0.1) is 47.0 Å². The van der Waals surface area contributed by atoms with Crippen LogP contribution >= 0.6 is 0 Å². The van der Waals surface area contributed by atoms with E-state index in [1.807, 2.05) is 0 Å². The fourth-order valence-corrected chi connectivity index (χ4v) is 23.9. The maximum absolute atomic E-state index is 13.5. The summed E-state index contributed by atoms with van der Waals surface area (Å²) < 4.78 is 27.1. The lowest BCUT2D eigenvalue weighted by Crippen LogP contribution is -2.25. The van der Waals surface area contributed by atoms with E-state index in [0.717, 1.165) is 17.8 Å². The number of hydrogen-bond donors (Lipinski definition) is 0. The first kappa shape index (κ1) is 103. The molecule has 700 valence electrons. The van der Waals surface area contributed by atoms with E-state index in [1.54, 1.807) is 22.3 Å². The van der Waals surface area contributed by atoms with Crippen LogP contribution in [-0.2, 0) is 43.3 Å². The van der Waals surface area contributed by atoms with E-state index >= 15 is 0 Å². The predicted octanol–water partition coefficient (Wildman–Crippen LogP) is 39.9. The number of benzene rings is 12. The van der Waals surface area contributed by atoms with Gasteiger partial charge in [-0.2, -0.15) is 0 Å². The molecule has 4 aliphatic rings. The Morgan fingerprint density at radius 1 is 0.238 bits per heavy atom. The average molecular weight is 1750 g/mol. The fourth-order valence-electron chi connectivity index (χ4n) is 23.9. The summed E-state index contributed by atoms with van der Waals surface area (Å²) in [6.07, 6.45) is 25.1. The molecular formula is C128H174F2. The molecule has 2 heteroatoms. The number of halogens is 2. The molecule has 0 aliphatic heterocycles. The van der Waals surface area contributed by atoms with Crippen LogP contribution in [0.2, 0.25) is 0 Å². The molecule has 130 heavy (non-hydrogen) atoms. The molecule has 4 fully saturated rings. The van der Waals surface area contributed by atoms with Gasteiger partial charge in [-0.1, -0.05) is 394 Å². The molecule has 0 unspecified atom stereocenters. The van der Waals surface area contributed by atoms with Crippen molar-refractivity contribution in [2.24, 2.45) is 5.41 Å². The number of hydrogen-bond acceptors (Lipinski definition) is 0. The van der Waals surface area contributed by atoms with Crippen molar-refractivity contribution in [2.45, 2.75) is 436 Å². The number of fused-ring (bicyclic) bond motifs is 6. The summed E-state index contributed by atoms with van der Waals surface area (Å²) in [5.41, 5.74) is 28.9. The molecule has 4 saturated carbocycles.